The Balaban J connectivity index is 1.81. The molecule has 2 aromatic carbocycles. The molecule has 29 heavy (non-hydrogen) atoms. The molecule has 0 spiro atoms. The number of hydrogen-bond donors (Lipinski definition) is 0. The second-order valence-corrected chi connectivity index (χ2v) is 8.54. The highest BCUT2D eigenvalue weighted by molar-refractivity contribution is 7.87. The quantitative estimate of drug-likeness (QED) is 0.312. The first-order valence-electron chi connectivity index (χ1n) is 8.20. The Kier molecular flexibility index (Phi) is 6.20. The van der Waals surface area contributed by atoms with E-state index < -0.39 is 34.1 Å². The van der Waals surface area contributed by atoms with Crippen molar-refractivity contribution in [2.75, 3.05) is 0 Å². The van der Waals surface area contributed by atoms with Gasteiger partial charge in [-0.2, -0.15) is 21.6 Å². The van der Waals surface area contributed by atoms with Gasteiger partial charge in [-0.15, -0.1) is 11.3 Å². The van der Waals surface area contributed by atoms with Crippen molar-refractivity contribution in [2.45, 2.75) is 24.6 Å². The molecule has 0 amide bonds. The molecule has 0 radical (unpaired) electrons. The van der Waals surface area contributed by atoms with E-state index in [1.165, 1.54) is 0 Å². The lowest BCUT2D eigenvalue weighted by molar-refractivity contribution is -0.153. The topological polar surface area (TPSA) is 82.6 Å². The third-order valence-corrected chi connectivity index (χ3v) is 5.82. The molecule has 1 atom stereocenters. The van der Waals surface area contributed by atoms with Gasteiger partial charge >= 0.3 is 21.6 Å². The molecule has 0 aliphatic rings. The molecule has 0 bridgehead atoms. The van der Waals surface area contributed by atoms with Crippen LogP contribution in [0, 0.1) is 0 Å². The molecule has 3 aromatic rings. The van der Waals surface area contributed by atoms with Crippen molar-refractivity contribution in [3.05, 3.63) is 65.2 Å². The maximum Gasteiger partial charge on any atom is 0.523 e. The van der Waals surface area contributed by atoms with E-state index >= 15 is 0 Å². The molecule has 0 aliphatic heterocycles. The first-order chi connectivity index (χ1) is 13.7. The summed E-state index contributed by atoms with van der Waals surface area (Å²) in [5.74, 6) is -1.24. The van der Waals surface area contributed by atoms with Gasteiger partial charge in [0.15, 0.2) is 6.10 Å². The molecular formula is C18H14F3NO5S2. The number of benzene rings is 2. The molecule has 1 heterocycles. The Bertz CT molecular complexity index is 1060. The van der Waals surface area contributed by atoms with E-state index in [1.807, 2.05) is 0 Å². The number of halogens is 3. The molecular weight excluding hydrogens is 431 g/mol. The average Bonchev–Trinajstić information content (AvgIpc) is 3.07. The van der Waals surface area contributed by atoms with E-state index in [9.17, 15) is 26.4 Å². The number of aromatic nitrogens is 1. The van der Waals surface area contributed by atoms with Gasteiger partial charge in [0, 0.05) is 6.42 Å². The van der Waals surface area contributed by atoms with Gasteiger partial charge in [0.25, 0.3) is 0 Å². The number of esters is 1. The maximum absolute atomic E-state index is 12.7. The highest BCUT2D eigenvalue weighted by atomic mass is 32.2. The van der Waals surface area contributed by atoms with Gasteiger partial charge in [-0.1, -0.05) is 42.5 Å². The van der Waals surface area contributed by atoms with Gasteiger partial charge in [0.1, 0.15) is 6.61 Å². The van der Waals surface area contributed by atoms with Crippen molar-refractivity contribution in [3.8, 4) is 0 Å². The summed E-state index contributed by atoms with van der Waals surface area (Å²) in [5.41, 5.74) is -4.51. The molecule has 0 aliphatic carbocycles. The largest absolute Gasteiger partial charge is 0.523 e. The lowest BCUT2D eigenvalue weighted by Gasteiger charge is -2.16. The smallest absolute Gasteiger partial charge is 0.459 e. The molecule has 1 unspecified atom stereocenters. The van der Waals surface area contributed by atoms with Gasteiger partial charge in [-0.05, 0) is 17.7 Å². The number of hydrogen-bond acceptors (Lipinski definition) is 7. The van der Waals surface area contributed by atoms with Crippen molar-refractivity contribution in [2.24, 2.45) is 0 Å². The van der Waals surface area contributed by atoms with Gasteiger partial charge < -0.3 is 4.74 Å². The van der Waals surface area contributed by atoms with Crippen molar-refractivity contribution in [3.63, 3.8) is 0 Å². The van der Waals surface area contributed by atoms with Gasteiger partial charge in [-0.25, -0.2) is 14.0 Å². The Morgan fingerprint density at radius 2 is 1.72 bits per heavy atom. The summed E-state index contributed by atoms with van der Waals surface area (Å²) in [6, 6.07) is 15.3. The van der Waals surface area contributed by atoms with Crippen LogP contribution in [-0.2, 0) is 36.9 Å². The third-order valence-electron chi connectivity index (χ3n) is 3.71. The van der Waals surface area contributed by atoms with E-state index in [2.05, 4.69) is 9.17 Å². The number of para-hydroxylation sites is 1. The normalized spacial score (nSPS) is 13.3. The van der Waals surface area contributed by atoms with E-state index in [4.69, 9.17) is 4.74 Å². The summed E-state index contributed by atoms with van der Waals surface area (Å²) in [6.07, 6.45) is -2.51. The number of carbonyl (C=O) groups is 1. The Morgan fingerprint density at radius 3 is 2.38 bits per heavy atom. The highest BCUT2D eigenvalue weighted by Gasteiger charge is 2.50. The van der Waals surface area contributed by atoms with Crippen LogP contribution in [-0.4, -0.2) is 31.0 Å². The highest BCUT2D eigenvalue weighted by Crippen LogP contribution is 2.28. The van der Waals surface area contributed by atoms with Gasteiger partial charge in [0.05, 0.1) is 15.2 Å². The summed E-state index contributed by atoms with van der Waals surface area (Å²) in [6.45, 7) is -0.245. The third kappa shape index (κ3) is 5.31. The zero-order valence-electron chi connectivity index (χ0n) is 14.6. The van der Waals surface area contributed by atoms with E-state index in [-0.39, 0.29) is 11.6 Å². The SMILES string of the molecule is O=C(OCc1ccccc1)C(Cc1nc2ccccc2s1)OS(=O)(=O)C(F)(F)F. The maximum atomic E-state index is 12.7. The Hall–Kier alpha value is -2.50. The van der Waals surface area contributed by atoms with Crippen LogP contribution in [0.15, 0.2) is 54.6 Å². The summed E-state index contributed by atoms with van der Waals surface area (Å²) in [5, 5.41) is 0.241. The Labute approximate surface area is 168 Å². The summed E-state index contributed by atoms with van der Waals surface area (Å²) in [4.78, 5) is 16.5. The standard InChI is InChI=1S/C18H14F3NO5S2/c19-18(20,21)29(24,25)27-14(17(23)26-11-12-6-2-1-3-7-12)10-16-22-13-8-4-5-9-15(13)28-16/h1-9,14H,10-11H2. The number of carbonyl (C=O) groups excluding carboxylic acids is 1. The first-order valence-corrected chi connectivity index (χ1v) is 10.4. The molecule has 1 aromatic heterocycles. The van der Waals surface area contributed by atoms with Crippen LogP contribution in [0.25, 0.3) is 10.2 Å². The van der Waals surface area contributed by atoms with Crippen LogP contribution in [0.3, 0.4) is 0 Å². The first kappa shape index (κ1) is 21.2. The molecule has 6 nitrogen and oxygen atoms in total. The van der Waals surface area contributed by atoms with Crippen LogP contribution >= 0.6 is 11.3 Å². The van der Waals surface area contributed by atoms with Crippen LogP contribution in [0.5, 0.6) is 0 Å². The summed E-state index contributed by atoms with van der Waals surface area (Å²) in [7, 11) is -6.00. The van der Waals surface area contributed by atoms with Crippen LogP contribution in [0.2, 0.25) is 0 Å². The van der Waals surface area contributed by atoms with E-state index in [0.717, 1.165) is 16.0 Å². The van der Waals surface area contributed by atoms with Gasteiger partial charge in [-0.3, -0.25) is 0 Å². The van der Waals surface area contributed by atoms with Crippen molar-refractivity contribution < 1.29 is 35.3 Å². The molecule has 154 valence electrons. The minimum absolute atomic E-state index is 0.241. The number of thiazole rings is 1. The van der Waals surface area contributed by atoms with Gasteiger partial charge in [0.2, 0.25) is 0 Å². The lowest BCUT2D eigenvalue weighted by Crippen LogP contribution is -2.36. The predicted molar refractivity (Wildman–Crippen MR) is 99.4 cm³/mol. The minimum atomic E-state index is -6.00. The summed E-state index contributed by atoms with van der Waals surface area (Å²) >= 11 is 1.12. The molecule has 0 saturated carbocycles. The van der Waals surface area contributed by atoms with Crippen LogP contribution in [0.4, 0.5) is 13.2 Å². The number of ether oxygens (including phenoxy) is 1. The van der Waals surface area contributed by atoms with Crippen molar-refractivity contribution >= 4 is 37.6 Å². The number of nitrogens with zero attached hydrogens (tertiary/aromatic N) is 1. The number of alkyl halides is 3. The Morgan fingerprint density at radius 1 is 1.07 bits per heavy atom. The minimum Gasteiger partial charge on any atom is -0.459 e. The fourth-order valence-electron chi connectivity index (χ4n) is 2.35. The average molecular weight is 445 g/mol. The molecule has 0 N–H and O–H groups in total. The number of fused-ring (bicyclic) bond motifs is 1. The van der Waals surface area contributed by atoms with Crippen molar-refractivity contribution in [1.29, 1.82) is 0 Å². The fraction of sp³-hybridized carbons (Fsp3) is 0.222. The lowest BCUT2D eigenvalue weighted by atomic mass is 10.2. The van der Waals surface area contributed by atoms with Crippen LogP contribution in [0.1, 0.15) is 10.6 Å². The molecule has 0 saturated heterocycles. The molecule has 0 fully saturated rings. The zero-order chi connectivity index (χ0) is 21.1. The molecule has 3 rings (SSSR count). The fourth-order valence-corrected chi connectivity index (χ4v) is 3.91. The number of rotatable bonds is 7. The second-order valence-electron chi connectivity index (χ2n) is 5.86. The summed E-state index contributed by atoms with van der Waals surface area (Å²) < 4.78 is 71.0. The zero-order valence-corrected chi connectivity index (χ0v) is 16.3. The molecule has 11 heteroatoms. The van der Waals surface area contributed by atoms with Crippen molar-refractivity contribution in [1.82, 2.24) is 4.98 Å². The van der Waals surface area contributed by atoms with E-state index in [0.29, 0.717) is 11.1 Å². The predicted octanol–water partition coefficient (Wildman–Crippen LogP) is 3.82. The van der Waals surface area contributed by atoms with E-state index in [1.54, 1.807) is 54.6 Å². The second kappa shape index (κ2) is 8.47. The monoisotopic (exact) mass is 445 g/mol. The van der Waals surface area contributed by atoms with Crippen LogP contribution < -0.4 is 0 Å².